The number of carboxylic acids is 1. The van der Waals surface area contributed by atoms with Crippen molar-refractivity contribution >= 4 is 65.1 Å². The van der Waals surface area contributed by atoms with Crippen molar-refractivity contribution in [1.82, 2.24) is 47.9 Å². The van der Waals surface area contributed by atoms with Crippen molar-refractivity contribution in [2.24, 2.45) is 39.8 Å². The Bertz CT molecular complexity index is 2090. The van der Waals surface area contributed by atoms with Gasteiger partial charge in [-0.2, -0.15) is 0 Å². The van der Waals surface area contributed by atoms with Crippen molar-refractivity contribution in [3.63, 3.8) is 0 Å². The Hall–Kier alpha value is -7.17. The molecule has 1 aromatic rings. The fraction of sp³-hybridized carbons (Fsp3) is 0.638. The van der Waals surface area contributed by atoms with Crippen LogP contribution < -0.4 is 70.8 Å². The van der Waals surface area contributed by atoms with Gasteiger partial charge in [-0.15, -0.1) is 0 Å². The van der Waals surface area contributed by atoms with Crippen LogP contribution in [0.5, 0.6) is 5.75 Å². The molecule has 0 unspecified atom stereocenters. The molecule has 422 valence electrons. The summed E-state index contributed by atoms with van der Waals surface area (Å²) in [6.45, 7) is 7.52. The van der Waals surface area contributed by atoms with Crippen LogP contribution in [0, 0.1) is 11.8 Å². The van der Waals surface area contributed by atoms with E-state index < -0.39 is 133 Å². The van der Waals surface area contributed by atoms with E-state index in [2.05, 4.69) is 52.8 Å². The van der Waals surface area contributed by atoms with E-state index in [0.717, 1.165) is 0 Å². The number of carbonyl (C=O) groups is 10. The number of amides is 9. The second-order valence-corrected chi connectivity index (χ2v) is 18.8. The molecule has 9 atom stereocenters. The number of nitrogens with zero attached hydrogens (tertiary/aromatic N) is 1. The quantitative estimate of drug-likeness (QED) is 0.0171. The van der Waals surface area contributed by atoms with E-state index in [0.29, 0.717) is 31.4 Å². The van der Waals surface area contributed by atoms with Crippen LogP contribution >= 0.6 is 0 Å². The summed E-state index contributed by atoms with van der Waals surface area (Å²) in [6, 6.07) is -5.27. The first-order chi connectivity index (χ1) is 35.2. The van der Waals surface area contributed by atoms with Gasteiger partial charge in [0.2, 0.25) is 53.2 Å². The third-order valence-corrected chi connectivity index (χ3v) is 11.1. The minimum absolute atomic E-state index is 0.00741. The molecule has 75 heavy (non-hydrogen) atoms. The van der Waals surface area contributed by atoms with Crippen LogP contribution in [0.15, 0.2) is 29.3 Å². The third kappa shape index (κ3) is 26.6. The Morgan fingerprint density at radius 3 is 1.61 bits per heavy atom. The number of unbranched alkanes of at least 4 members (excludes halogenated alkanes) is 1. The molecule has 9 amide bonds. The third-order valence-electron chi connectivity index (χ3n) is 11.1. The van der Waals surface area contributed by atoms with Crippen molar-refractivity contribution < 1.29 is 68.4 Å². The molecule has 0 fully saturated rings. The van der Waals surface area contributed by atoms with Gasteiger partial charge in [0.25, 0.3) is 0 Å². The molecule has 21 N–H and O–H groups in total. The van der Waals surface area contributed by atoms with E-state index in [1.807, 2.05) is 0 Å². The van der Waals surface area contributed by atoms with Crippen LogP contribution in [-0.2, 0) is 54.4 Å². The summed E-state index contributed by atoms with van der Waals surface area (Å²) in [5.41, 5.74) is 22.7. The van der Waals surface area contributed by atoms with Gasteiger partial charge in [0, 0.05) is 13.0 Å². The number of hydrogen-bond acceptors (Lipinski definition) is 16. The molecule has 0 aliphatic heterocycles. The highest BCUT2D eigenvalue weighted by atomic mass is 16.4. The van der Waals surface area contributed by atoms with Crippen LogP contribution in [0.2, 0.25) is 0 Å². The highest BCUT2D eigenvalue weighted by Gasteiger charge is 2.35. The lowest BCUT2D eigenvalue weighted by Crippen LogP contribution is -2.61. The zero-order valence-corrected chi connectivity index (χ0v) is 43.5. The standard InChI is InChI=1S/C47H80N14O14/c1-24(2)18-32(42(71)57-31(11-9-17-52-47(50)51)41(70)61-38(27(6)63)46(75)54-22-37(66)67)58-39(68)26(5)55-45(74)35(23-62)60-43(72)33(19-25(3)4)59-44(73)34(20-28-12-14-29(64)15-13-28)56-36(65)21-53-40(69)30(49)10-7-8-16-48/h12-15,24-27,30-35,38,62-64H,7-11,16-23,48-49H2,1-6H3,(H,53,69)(H,54,75)(H,55,74)(H,56,65)(H,57,71)(H,58,68)(H,59,73)(H,60,72)(H,61,70)(H,66,67)(H4,50,51,52)/t26-,27+,30-,31-,32-,33-,34-,35-,38-/m0/s1. The number of phenols is 1. The van der Waals surface area contributed by atoms with Gasteiger partial charge in [-0.1, -0.05) is 46.2 Å². The molecule has 0 aromatic heterocycles. The normalized spacial score (nSPS) is 14.7. The molecule has 1 aromatic carbocycles. The van der Waals surface area contributed by atoms with Crippen LogP contribution in [0.25, 0.3) is 0 Å². The second-order valence-electron chi connectivity index (χ2n) is 18.8. The number of aromatic hydroxyl groups is 1. The van der Waals surface area contributed by atoms with E-state index in [1.54, 1.807) is 27.7 Å². The fourth-order valence-corrected chi connectivity index (χ4v) is 7.06. The number of aliphatic imine (C=N–C) groups is 1. The maximum absolute atomic E-state index is 13.9. The highest BCUT2D eigenvalue weighted by molar-refractivity contribution is 5.98. The summed E-state index contributed by atoms with van der Waals surface area (Å²) >= 11 is 0. The number of rotatable bonds is 35. The molecule has 0 saturated carbocycles. The first kappa shape index (κ1) is 65.8. The molecule has 0 radical (unpaired) electrons. The number of aliphatic carboxylic acids is 1. The van der Waals surface area contributed by atoms with Crippen molar-refractivity contribution in [2.75, 3.05) is 32.8 Å². The summed E-state index contributed by atoms with van der Waals surface area (Å²) in [5, 5.41) is 61.1. The Morgan fingerprint density at radius 2 is 1.09 bits per heavy atom. The average Bonchev–Trinajstić information content (AvgIpc) is 3.33. The number of carbonyl (C=O) groups excluding carboxylic acids is 9. The number of nitrogens with two attached hydrogens (primary N) is 4. The zero-order valence-electron chi connectivity index (χ0n) is 43.5. The lowest BCUT2D eigenvalue weighted by Gasteiger charge is -2.28. The molecule has 28 nitrogen and oxygen atoms in total. The van der Waals surface area contributed by atoms with E-state index in [1.165, 1.54) is 38.1 Å². The van der Waals surface area contributed by atoms with Gasteiger partial charge in [-0.05, 0) is 88.4 Å². The van der Waals surface area contributed by atoms with Gasteiger partial charge < -0.3 is 91.2 Å². The lowest BCUT2D eigenvalue weighted by atomic mass is 10.0. The maximum atomic E-state index is 13.9. The van der Waals surface area contributed by atoms with E-state index in [4.69, 9.17) is 28.0 Å². The predicted octanol–water partition coefficient (Wildman–Crippen LogP) is -5.36. The Kier molecular flexibility index (Phi) is 30.2. The largest absolute Gasteiger partial charge is 0.508 e. The zero-order chi connectivity index (χ0) is 56.9. The van der Waals surface area contributed by atoms with Crippen LogP contribution in [0.3, 0.4) is 0 Å². The lowest BCUT2D eigenvalue weighted by molar-refractivity contribution is -0.139. The molecule has 0 aliphatic carbocycles. The van der Waals surface area contributed by atoms with Crippen molar-refractivity contribution in [3.05, 3.63) is 29.8 Å². The van der Waals surface area contributed by atoms with Gasteiger partial charge in [-0.3, -0.25) is 52.9 Å². The Morgan fingerprint density at radius 1 is 0.587 bits per heavy atom. The Labute approximate surface area is 435 Å². The molecular weight excluding hydrogens is 985 g/mol. The van der Waals surface area contributed by atoms with E-state index in [9.17, 15) is 63.3 Å². The molecular formula is C47H80N14O14. The van der Waals surface area contributed by atoms with Crippen LogP contribution in [0.4, 0.5) is 0 Å². The van der Waals surface area contributed by atoms with Crippen LogP contribution in [-0.4, -0.2) is 173 Å². The van der Waals surface area contributed by atoms with Crippen molar-refractivity contribution in [1.29, 1.82) is 0 Å². The molecule has 1 rings (SSSR count). The fourth-order valence-electron chi connectivity index (χ4n) is 7.06. The van der Waals surface area contributed by atoms with E-state index >= 15 is 0 Å². The number of nitrogens with one attached hydrogen (secondary N) is 9. The topological polar surface area (TPSA) is 476 Å². The van der Waals surface area contributed by atoms with Crippen LogP contribution in [0.1, 0.15) is 92.1 Å². The summed E-state index contributed by atoms with van der Waals surface area (Å²) in [4.78, 5) is 135. The number of guanidine groups is 1. The summed E-state index contributed by atoms with van der Waals surface area (Å²) < 4.78 is 0. The molecule has 0 spiro atoms. The minimum Gasteiger partial charge on any atom is -0.508 e. The maximum Gasteiger partial charge on any atom is 0.322 e. The molecule has 28 heteroatoms. The first-order valence-corrected chi connectivity index (χ1v) is 24.7. The molecule has 0 aliphatic rings. The smallest absolute Gasteiger partial charge is 0.322 e. The number of aliphatic hydroxyl groups is 2. The SMILES string of the molecule is CC(C)C[C@H](NC(=O)[C@H](C)NC(=O)[C@H](CO)NC(=O)[C@H](CC(C)C)NC(=O)[C@H](Cc1ccc(O)cc1)NC(=O)CNC(=O)[C@@H](N)CCCCN)C(=O)N[C@@H](CCCN=C(N)N)C(=O)N[C@H](C(=O)NCC(=O)O)[C@@H](C)O. The van der Waals surface area contributed by atoms with E-state index in [-0.39, 0.29) is 62.2 Å². The Balaban J connectivity index is 3.25. The second kappa shape index (κ2) is 34.3. The number of aliphatic hydroxyl groups excluding tert-OH is 2. The molecule has 0 bridgehead atoms. The van der Waals surface area contributed by atoms with Gasteiger partial charge in [-0.25, -0.2) is 0 Å². The van der Waals surface area contributed by atoms with Gasteiger partial charge >= 0.3 is 5.97 Å². The number of phenolic OH excluding ortho intramolecular Hbond substituents is 1. The number of hydrogen-bond donors (Lipinski definition) is 17. The van der Waals surface area contributed by atoms with Gasteiger partial charge in [0.15, 0.2) is 5.96 Å². The van der Waals surface area contributed by atoms with Crippen molar-refractivity contribution in [2.45, 2.75) is 147 Å². The van der Waals surface area contributed by atoms with Gasteiger partial charge in [0.1, 0.15) is 54.6 Å². The number of benzene rings is 1. The first-order valence-electron chi connectivity index (χ1n) is 24.7. The summed E-state index contributed by atoms with van der Waals surface area (Å²) in [6.07, 6.45) is -0.0328. The average molecular weight is 1070 g/mol. The predicted molar refractivity (Wildman–Crippen MR) is 273 cm³/mol. The molecule has 0 heterocycles. The molecule has 0 saturated heterocycles. The van der Waals surface area contributed by atoms with Crippen molar-refractivity contribution in [3.8, 4) is 5.75 Å². The minimum atomic E-state index is -1.68. The van der Waals surface area contributed by atoms with Gasteiger partial charge in [0.05, 0.1) is 25.3 Å². The summed E-state index contributed by atoms with van der Waals surface area (Å²) in [7, 11) is 0. The highest BCUT2D eigenvalue weighted by Crippen LogP contribution is 2.14. The monoisotopic (exact) mass is 1060 g/mol. The summed E-state index contributed by atoms with van der Waals surface area (Å²) in [5.74, 6) is -10.1. The number of carboxylic acid groups (broad SMARTS) is 1.